The lowest BCUT2D eigenvalue weighted by molar-refractivity contribution is 0.0945. The van der Waals surface area contributed by atoms with Crippen molar-refractivity contribution in [1.29, 1.82) is 0 Å². The van der Waals surface area contributed by atoms with Crippen molar-refractivity contribution in [2.24, 2.45) is 0 Å². The van der Waals surface area contributed by atoms with Crippen molar-refractivity contribution in [3.05, 3.63) is 57.5 Å². The number of fused-ring (bicyclic) bond motifs is 1. The summed E-state index contributed by atoms with van der Waals surface area (Å²) in [6.07, 6.45) is 1.84. The van der Waals surface area contributed by atoms with E-state index in [1.807, 2.05) is 11.6 Å². The molecule has 0 aliphatic rings. The van der Waals surface area contributed by atoms with Crippen LogP contribution in [0.5, 0.6) is 0 Å². The number of carbonyl (C=O) groups is 1. The average Bonchev–Trinajstić information content (AvgIpc) is 3.01. The summed E-state index contributed by atoms with van der Waals surface area (Å²) in [5.41, 5.74) is 1.18. The zero-order valence-electron chi connectivity index (χ0n) is 10.1. The second kappa shape index (κ2) is 5.34. The van der Waals surface area contributed by atoms with Crippen molar-refractivity contribution >= 4 is 38.1 Å². The predicted octanol–water partition coefficient (Wildman–Crippen LogP) is 3.23. The molecule has 1 aromatic carbocycles. The van der Waals surface area contributed by atoms with E-state index in [0.717, 1.165) is 10.5 Å². The van der Waals surface area contributed by atoms with Gasteiger partial charge in [-0.1, -0.05) is 12.1 Å². The van der Waals surface area contributed by atoms with Gasteiger partial charge in [0.05, 0.1) is 0 Å². The summed E-state index contributed by atoms with van der Waals surface area (Å²) in [7, 11) is 0. The number of rotatable bonds is 3. The van der Waals surface area contributed by atoms with Gasteiger partial charge in [-0.05, 0) is 33.6 Å². The first-order valence-electron chi connectivity index (χ1n) is 5.79. The molecule has 3 aromatic rings. The molecule has 20 heavy (non-hydrogen) atoms. The molecule has 0 saturated carbocycles. The molecule has 0 bridgehead atoms. The van der Waals surface area contributed by atoms with Gasteiger partial charge in [0, 0.05) is 18.1 Å². The first-order valence-corrected chi connectivity index (χ1v) is 7.46. The minimum atomic E-state index is -0.294. The van der Waals surface area contributed by atoms with E-state index in [1.54, 1.807) is 16.5 Å². The van der Waals surface area contributed by atoms with Crippen LogP contribution < -0.4 is 5.32 Å². The molecule has 0 spiro atoms. The Balaban J connectivity index is 1.74. The van der Waals surface area contributed by atoms with Crippen molar-refractivity contribution < 1.29 is 9.18 Å². The molecular weight excluding hydrogens is 345 g/mol. The maximum Gasteiger partial charge on any atom is 0.273 e. The van der Waals surface area contributed by atoms with Gasteiger partial charge in [-0.2, -0.15) is 0 Å². The van der Waals surface area contributed by atoms with Gasteiger partial charge in [-0.15, -0.1) is 11.3 Å². The van der Waals surface area contributed by atoms with Gasteiger partial charge in [-0.3, -0.25) is 9.20 Å². The molecule has 3 rings (SSSR count). The predicted molar refractivity (Wildman–Crippen MR) is 78.3 cm³/mol. The maximum atomic E-state index is 12.8. The monoisotopic (exact) mass is 353 g/mol. The SMILES string of the molecule is O=C(NCc1ccc(F)cc1)c1nc2sccn2c1Br. The fourth-order valence-electron chi connectivity index (χ4n) is 1.77. The van der Waals surface area contributed by atoms with Gasteiger partial charge in [-0.25, -0.2) is 9.37 Å². The Morgan fingerprint density at radius 3 is 2.85 bits per heavy atom. The molecule has 0 unspecified atom stereocenters. The Labute approximate surface area is 126 Å². The van der Waals surface area contributed by atoms with Crippen LogP contribution in [0.15, 0.2) is 40.4 Å². The van der Waals surface area contributed by atoms with Crippen molar-refractivity contribution in [3.8, 4) is 0 Å². The molecule has 0 atom stereocenters. The van der Waals surface area contributed by atoms with Crippen LogP contribution in [0.25, 0.3) is 4.96 Å². The molecule has 1 N–H and O–H groups in total. The van der Waals surface area contributed by atoms with Gasteiger partial charge in [0.15, 0.2) is 10.7 Å². The molecule has 0 radical (unpaired) electrons. The lowest BCUT2D eigenvalue weighted by Gasteiger charge is -2.03. The number of nitrogens with zero attached hydrogens (tertiary/aromatic N) is 2. The van der Waals surface area contributed by atoms with Gasteiger partial charge in [0.2, 0.25) is 0 Å². The number of carbonyl (C=O) groups excluding carboxylic acids is 1. The average molecular weight is 354 g/mol. The number of hydrogen-bond donors (Lipinski definition) is 1. The van der Waals surface area contributed by atoms with Gasteiger partial charge >= 0.3 is 0 Å². The third-order valence-electron chi connectivity index (χ3n) is 2.79. The van der Waals surface area contributed by atoms with E-state index in [1.165, 1.54) is 23.5 Å². The molecule has 4 nitrogen and oxygen atoms in total. The summed E-state index contributed by atoms with van der Waals surface area (Å²) in [6.45, 7) is 0.330. The van der Waals surface area contributed by atoms with Crippen molar-refractivity contribution in [2.75, 3.05) is 0 Å². The molecule has 0 aliphatic carbocycles. The molecule has 2 heterocycles. The number of hydrogen-bond acceptors (Lipinski definition) is 3. The van der Waals surface area contributed by atoms with E-state index >= 15 is 0 Å². The highest BCUT2D eigenvalue weighted by molar-refractivity contribution is 9.10. The molecule has 0 saturated heterocycles. The molecular formula is C13H9BrFN3OS. The number of thiazole rings is 1. The maximum absolute atomic E-state index is 12.8. The Kier molecular flexibility index (Phi) is 3.54. The smallest absolute Gasteiger partial charge is 0.273 e. The Morgan fingerprint density at radius 1 is 1.40 bits per heavy atom. The highest BCUT2D eigenvalue weighted by Crippen LogP contribution is 2.22. The highest BCUT2D eigenvalue weighted by Gasteiger charge is 2.17. The van der Waals surface area contributed by atoms with E-state index in [2.05, 4.69) is 26.2 Å². The lowest BCUT2D eigenvalue weighted by Crippen LogP contribution is -2.23. The molecule has 0 aliphatic heterocycles. The van der Waals surface area contributed by atoms with Crippen LogP contribution in [-0.2, 0) is 6.54 Å². The standard InChI is InChI=1S/C13H9BrFN3OS/c14-11-10(17-13-18(11)5-6-20-13)12(19)16-7-8-1-3-9(15)4-2-8/h1-6H,7H2,(H,16,19). The van der Waals surface area contributed by atoms with Crippen molar-refractivity contribution in [2.45, 2.75) is 6.54 Å². The summed E-state index contributed by atoms with van der Waals surface area (Å²) in [5.74, 6) is -0.561. The third kappa shape index (κ3) is 2.46. The first-order chi connectivity index (χ1) is 9.65. The molecule has 0 fully saturated rings. The van der Waals surface area contributed by atoms with Crippen LogP contribution in [0.2, 0.25) is 0 Å². The van der Waals surface area contributed by atoms with Crippen LogP contribution >= 0.6 is 27.3 Å². The van der Waals surface area contributed by atoms with E-state index in [0.29, 0.717) is 16.8 Å². The normalized spacial score (nSPS) is 10.9. The number of aromatic nitrogens is 2. The molecule has 7 heteroatoms. The fraction of sp³-hybridized carbons (Fsp3) is 0.0769. The van der Waals surface area contributed by atoms with Crippen molar-refractivity contribution in [1.82, 2.24) is 14.7 Å². The molecule has 102 valence electrons. The zero-order valence-corrected chi connectivity index (χ0v) is 12.5. The van der Waals surface area contributed by atoms with E-state index in [4.69, 9.17) is 0 Å². The largest absolute Gasteiger partial charge is 0.347 e. The van der Waals surface area contributed by atoms with Gasteiger partial charge in [0.25, 0.3) is 5.91 Å². The van der Waals surface area contributed by atoms with E-state index in [-0.39, 0.29) is 11.7 Å². The van der Waals surface area contributed by atoms with Gasteiger partial charge in [0.1, 0.15) is 10.4 Å². The lowest BCUT2D eigenvalue weighted by atomic mass is 10.2. The Bertz CT molecular complexity index is 766. The number of imidazole rings is 1. The summed E-state index contributed by atoms with van der Waals surface area (Å²) in [4.78, 5) is 17.1. The molecule has 2 aromatic heterocycles. The number of halogens is 2. The second-order valence-electron chi connectivity index (χ2n) is 4.12. The van der Waals surface area contributed by atoms with E-state index < -0.39 is 0 Å². The zero-order chi connectivity index (χ0) is 14.1. The summed E-state index contributed by atoms with van der Waals surface area (Å²) >= 11 is 4.82. The van der Waals surface area contributed by atoms with Crippen LogP contribution in [0, 0.1) is 5.82 Å². The fourth-order valence-corrected chi connectivity index (χ4v) is 3.16. The topological polar surface area (TPSA) is 46.4 Å². The van der Waals surface area contributed by atoms with Crippen LogP contribution in [0.3, 0.4) is 0 Å². The number of benzene rings is 1. The Hall–Kier alpha value is -1.73. The van der Waals surface area contributed by atoms with Gasteiger partial charge < -0.3 is 5.32 Å². The highest BCUT2D eigenvalue weighted by atomic mass is 79.9. The Morgan fingerprint density at radius 2 is 2.15 bits per heavy atom. The first kappa shape index (κ1) is 13.3. The van der Waals surface area contributed by atoms with Crippen LogP contribution in [0.1, 0.15) is 16.1 Å². The molecule has 1 amide bonds. The summed E-state index contributed by atoms with van der Waals surface area (Å²) < 4.78 is 15.2. The van der Waals surface area contributed by atoms with E-state index in [9.17, 15) is 9.18 Å². The minimum absolute atomic E-state index is 0.267. The quantitative estimate of drug-likeness (QED) is 0.785. The summed E-state index contributed by atoms with van der Waals surface area (Å²) in [5, 5.41) is 4.66. The number of amides is 1. The third-order valence-corrected chi connectivity index (χ3v) is 4.30. The van der Waals surface area contributed by atoms with Crippen LogP contribution in [0.4, 0.5) is 4.39 Å². The van der Waals surface area contributed by atoms with Crippen molar-refractivity contribution in [3.63, 3.8) is 0 Å². The minimum Gasteiger partial charge on any atom is -0.347 e. The summed E-state index contributed by atoms with van der Waals surface area (Å²) in [6, 6.07) is 6.00. The van der Waals surface area contributed by atoms with Crippen LogP contribution in [-0.4, -0.2) is 15.3 Å². The second-order valence-corrected chi connectivity index (χ2v) is 5.74. The number of nitrogens with one attached hydrogen (secondary N) is 1.